The summed E-state index contributed by atoms with van der Waals surface area (Å²) in [7, 11) is 0. The van der Waals surface area contributed by atoms with E-state index in [1.54, 1.807) is 0 Å². The van der Waals surface area contributed by atoms with Crippen LogP contribution in [0.2, 0.25) is 0 Å². The van der Waals surface area contributed by atoms with Gasteiger partial charge in [0.1, 0.15) is 5.75 Å². The molecule has 1 aliphatic heterocycles. The number of halogens is 1. The van der Waals surface area contributed by atoms with Crippen molar-refractivity contribution in [1.29, 1.82) is 0 Å². The Balaban J connectivity index is 0.00000261. The van der Waals surface area contributed by atoms with Gasteiger partial charge in [-0.3, -0.25) is 4.90 Å². The molecule has 1 fully saturated rings. The first kappa shape index (κ1) is 21.7. The van der Waals surface area contributed by atoms with Gasteiger partial charge in [0, 0.05) is 31.7 Å². The van der Waals surface area contributed by atoms with Crippen LogP contribution in [0.4, 0.5) is 0 Å². The highest BCUT2D eigenvalue weighted by molar-refractivity contribution is 5.85. The van der Waals surface area contributed by atoms with Gasteiger partial charge in [-0.25, -0.2) is 0 Å². The van der Waals surface area contributed by atoms with Crippen molar-refractivity contribution in [3.63, 3.8) is 0 Å². The van der Waals surface area contributed by atoms with E-state index in [0.29, 0.717) is 0 Å². The Morgan fingerprint density at radius 1 is 0.889 bits per heavy atom. The number of benzene rings is 2. The van der Waals surface area contributed by atoms with E-state index in [9.17, 15) is 0 Å². The van der Waals surface area contributed by atoms with Crippen LogP contribution in [-0.4, -0.2) is 57.4 Å². The number of morpholine rings is 1. The molecule has 1 heterocycles. The monoisotopic (exact) mass is 390 g/mol. The zero-order valence-corrected chi connectivity index (χ0v) is 16.8. The van der Waals surface area contributed by atoms with Gasteiger partial charge in [0.15, 0.2) is 0 Å². The molecule has 0 aromatic heterocycles. The number of unbranched alkanes of at least 4 members (excludes halogenated alkanes) is 1. The van der Waals surface area contributed by atoms with Crippen LogP contribution in [0.5, 0.6) is 5.75 Å². The molecule has 0 atom stereocenters. The van der Waals surface area contributed by atoms with Crippen LogP contribution in [0.3, 0.4) is 0 Å². The third kappa shape index (κ3) is 7.51. The van der Waals surface area contributed by atoms with Crippen molar-refractivity contribution in [1.82, 2.24) is 10.2 Å². The summed E-state index contributed by atoms with van der Waals surface area (Å²) < 4.78 is 11.4. The number of nitrogens with zero attached hydrogens (tertiary/aromatic N) is 1. The van der Waals surface area contributed by atoms with E-state index in [1.165, 1.54) is 5.56 Å². The maximum Gasteiger partial charge on any atom is 0.127 e. The molecule has 0 radical (unpaired) electrons. The summed E-state index contributed by atoms with van der Waals surface area (Å²) in [6, 6.07) is 18.7. The molecule has 27 heavy (non-hydrogen) atoms. The van der Waals surface area contributed by atoms with Crippen molar-refractivity contribution < 1.29 is 9.47 Å². The molecule has 2 aromatic carbocycles. The van der Waals surface area contributed by atoms with Crippen molar-refractivity contribution in [2.45, 2.75) is 12.8 Å². The highest BCUT2D eigenvalue weighted by Gasteiger charge is 2.09. The van der Waals surface area contributed by atoms with E-state index in [2.05, 4.69) is 52.7 Å². The van der Waals surface area contributed by atoms with Crippen LogP contribution in [0.1, 0.15) is 12.8 Å². The smallest absolute Gasteiger partial charge is 0.127 e. The normalized spacial score (nSPS) is 14.5. The van der Waals surface area contributed by atoms with Crippen molar-refractivity contribution in [2.24, 2.45) is 0 Å². The number of para-hydroxylation sites is 1. The number of rotatable bonds is 10. The summed E-state index contributed by atoms with van der Waals surface area (Å²) >= 11 is 0. The Hall–Kier alpha value is -1.59. The first-order chi connectivity index (χ1) is 12.9. The van der Waals surface area contributed by atoms with E-state index >= 15 is 0 Å². The van der Waals surface area contributed by atoms with Crippen LogP contribution in [0.15, 0.2) is 54.6 Å². The number of hydrogen-bond donors (Lipinski definition) is 1. The van der Waals surface area contributed by atoms with Gasteiger partial charge in [0.05, 0.1) is 19.8 Å². The molecular weight excluding hydrogens is 360 g/mol. The summed E-state index contributed by atoms with van der Waals surface area (Å²) in [6.07, 6.45) is 2.20. The average Bonchev–Trinajstić information content (AvgIpc) is 2.72. The standard InChI is InChI=1S/C22H30N2O2.ClH/c1-2-8-20(9-3-1)21-10-4-5-11-22(21)26-17-7-6-12-23-13-14-24-15-18-25-19-16-24;/h1-5,8-11,23H,6-7,12-19H2;1H. The predicted octanol–water partition coefficient (Wildman–Crippen LogP) is 3.86. The molecule has 0 amide bonds. The molecule has 1 saturated heterocycles. The highest BCUT2D eigenvalue weighted by Crippen LogP contribution is 2.29. The summed E-state index contributed by atoms with van der Waals surface area (Å²) in [5, 5.41) is 3.53. The zero-order chi connectivity index (χ0) is 17.9. The molecule has 0 saturated carbocycles. The molecule has 0 aliphatic carbocycles. The summed E-state index contributed by atoms with van der Waals surface area (Å²) in [5.74, 6) is 0.971. The van der Waals surface area contributed by atoms with Gasteiger partial charge >= 0.3 is 0 Å². The van der Waals surface area contributed by atoms with Crippen LogP contribution >= 0.6 is 12.4 Å². The van der Waals surface area contributed by atoms with Crippen LogP contribution < -0.4 is 10.1 Å². The second kappa shape index (κ2) is 12.7. The molecule has 1 N–H and O–H groups in total. The Bertz CT molecular complexity index is 633. The summed E-state index contributed by atoms with van der Waals surface area (Å²) in [4.78, 5) is 2.46. The Morgan fingerprint density at radius 2 is 1.63 bits per heavy atom. The van der Waals surface area contributed by atoms with Crippen molar-refractivity contribution in [3.8, 4) is 16.9 Å². The summed E-state index contributed by atoms with van der Waals surface area (Å²) in [6.45, 7) is 7.86. The molecule has 0 spiro atoms. The minimum atomic E-state index is 0. The second-order valence-electron chi connectivity index (χ2n) is 6.62. The lowest BCUT2D eigenvalue weighted by Gasteiger charge is -2.26. The number of nitrogens with one attached hydrogen (secondary N) is 1. The fourth-order valence-corrected chi connectivity index (χ4v) is 3.17. The molecule has 1 aliphatic rings. The first-order valence-electron chi connectivity index (χ1n) is 9.71. The first-order valence-corrected chi connectivity index (χ1v) is 9.71. The predicted molar refractivity (Wildman–Crippen MR) is 114 cm³/mol. The van der Waals surface area contributed by atoms with Gasteiger partial charge < -0.3 is 14.8 Å². The van der Waals surface area contributed by atoms with Crippen LogP contribution in [0, 0.1) is 0 Å². The average molecular weight is 391 g/mol. The zero-order valence-electron chi connectivity index (χ0n) is 15.9. The number of hydrogen-bond acceptors (Lipinski definition) is 4. The van der Waals surface area contributed by atoms with Crippen LogP contribution in [0.25, 0.3) is 11.1 Å². The van der Waals surface area contributed by atoms with Crippen molar-refractivity contribution in [2.75, 3.05) is 52.5 Å². The highest BCUT2D eigenvalue weighted by atomic mass is 35.5. The van der Waals surface area contributed by atoms with E-state index in [1.807, 2.05) is 12.1 Å². The van der Waals surface area contributed by atoms with E-state index in [-0.39, 0.29) is 12.4 Å². The van der Waals surface area contributed by atoms with Crippen molar-refractivity contribution >= 4 is 12.4 Å². The molecule has 0 unspecified atom stereocenters. The maximum absolute atomic E-state index is 6.04. The Kier molecular flexibility index (Phi) is 10.2. The third-order valence-electron chi connectivity index (χ3n) is 4.69. The lowest BCUT2D eigenvalue weighted by atomic mass is 10.1. The van der Waals surface area contributed by atoms with E-state index in [4.69, 9.17) is 9.47 Å². The molecule has 3 rings (SSSR count). The third-order valence-corrected chi connectivity index (χ3v) is 4.69. The largest absolute Gasteiger partial charge is 0.493 e. The fraction of sp³-hybridized carbons (Fsp3) is 0.455. The molecular formula is C22H31ClN2O2. The second-order valence-corrected chi connectivity index (χ2v) is 6.62. The van der Waals surface area contributed by atoms with Gasteiger partial charge in [-0.1, -0.05) is 48.5 Å². The SMILES string of the molecule is Cl.c1ccc(-c2ccccc2OCCCCNCCN2CCOCC2)cc1. The van der Waals surface area contributed by atoms with Gasteiger partial charge in [0.2, 0.25) is 0 Å². The molecule has 5 heteroatoms. The molecule has 148 valence electrons. The van der Waals surface area contributed by atoms with Gasteiger partial charge in [-0.2, -0.15) is 0 Å². The summed E-state index contributed by atoms with van der Waals surface area (Å²) in [5.41, 5.74) is 2.37. The molecule has 2 aromatic rings. The lowest BCUT2D eigenvalue weighted by Crippen LogP contribution is -2.40. The maximum atomic E-state index is 6.04. The van der Waals surface area contributed by atoms with Crippen molar-refractivity contribution in [3.05, 3.63) is 54.6 Å². The minimum Gasteiger partial charge on any atom is -0.493 e. The fourth-order valence-electron chi connectivity index (χ4n) is 3.17. The lowest BCUT2D eigenvalue weighted by molar-refractivity contribution is 0.0384. The van der Waals surface area contributed by atoms with Gasteiger partial charge in [-0.15, -0.1) is 12.4 Å². The van der Waals surface area contributed by atoms with Gasteiger partial charge in [-0.05, 0) is 31.0 Å². The molecule has 0 bridgehead atoms. The van der Waals surface area contributed by atoms with E-state index < -0.39 is 0 Å². The van der Waals surface area contributed by atoms with Crippen LogP contribution in [-0.2, 0) is 4.74 Å². The van der Waals surface area contributed by atoms with E-state index in [0.717, 1.165) is 76.7 Å². The van der Waals surface area contributed by atoms with Gasteiger partial charge in [0.25, 0.3) is 0 Å². The molecule has 4 nitrogen and oxygen atoms in total. The quantitative estimate of drug-likeness (QED) is 0.624. The minimum absolute atomic E-state index is 0. The topological polar surface area (TPSA) is 33.7 Å². The Labute approximate surface area is 169 Å². The number of ether oxygens (including phenoxy) is 2. The Morgan fingerprint density at radius 3 is 2.44 bits per heavy atom.